The van der Waals surface area contributed by atoms with Gasteiger partial charge >= 0.3 is 0 Å². The topological polar surface area (TPSA) is 52.3 Å². The number of carbonyl (C=O) groups excluding carboxylic acids is 1. The Balaban J connectivity index is 1.95. The van der Waals surface area contributed by atoms with E-state index in [2.05, 4.69) is 0 Å². The number of hydrogen-bond acceptors (Lipinski definition) is 3. The first-order chi connectivity index (χ1) is 9.77. The van der Waals surface area contributed by atoms with E-state index in [0.717, 1.165) is 29.7 Å². The van der Waals surface area contributed by atoms with Crippen LogP contribution in [0.15, 0.2) is 48.5 Å². The molecule has 1 heterocycles. The van der Waals surface area contributed by atoms with Crippen LogP contribution in [0.1, 0.15) is 33.9 Å². The molecule has 3 heteroatoms. The summed E-state index contributed by atoms with van der Waals surface area (Å²) in [7, 11) is 0. The first kappa shape index (κ1) is 12.9. The second-order valence-corrected chi connectivity index (χ2v) is 5.00. The van der Waals surface area contributed by atoms with Crippen molar-refractivity contribution in [2.45, 2.75) is 18.9 Å². The lowest BCUT2D eigenvalue weighted by Gasteiger charge is -2.21. The van der Waals surface area contributed by atoms with E-state index in [9.17, 15) is 4.79 Å². The number of para-hydroxylation sites is 1. The van der Waals surface area contributed by atoms with Crippen molar-refractivity contribution in [2.24, 2.45) is 5.73 Å². The lowest BCUT2D eigenvalue weighted by Crippen LogP contribution is -2.23. The highest BCUT2D eigenvalue weighted by Crippen LogP contribution is 2.31. The first-order valence-corrected chi connectivity index (χ1v) is 6.87. The van der Waals surface area contributed by atoms with Crippen LogP contribution in [-0.2, 0) is 6.42 Å². The van der Waals surface area contributed by atoms with Crippen LogP contribution in [0.5, 0.6) is 5.75 Å². The first-order valence-electron chi connectivity index (χ1n) is 6.87. The van der Waals surface area contributed by atoms with E-state index < -0.39 is 6.04 Å². The van der Waals surface area contributed by atoms with Gasteiger partial charge in [0.05, 0.1) is 18.2 Å². The number of rotatable bonds is 3. The Hall–Kier alpha value is -2.13. The fourth-order valence-corrected chi connectivity index (χ4v) is 2.56. The minimum Gasteiger partial charge on any atom is -0.493 e. The summed E-state index contributed by atoms with van der Waals surface area (Å²) in [5.41, 5.74) is 8.62. The molecular formula is C17H17NO2. The Morgan fingerprint density at radius 3 is 2.70 bits per heavy atom. The highest BCUT2D eigenvalue weighted by Gasteiger charge is 2.24. The Kier molecular flexibility index (Phi) is 3.52. The predicted molar refractivity (Wildman–Crippen MR) is 78.0 cm³/mol. The van der Waals surface area contributed by atoms with Gasteiger partial charge in [0.2, 0.25) is 0 Å². The molecule has 0 amide bonds. The molecule has 2 aromatic carbocycles. The molecule has 0 unspecified atom stereocenters. The number of benzene rings is 2. The van der Waals surface area contributed by atoms with Crippen molar-refractivity contribution in [3.63, 3.8) is 0 Å². The molecule has 102 valence electrons. The second-order valence-electron chi connectivity index (χ2n) is 5.00. The predicted octanol–water partition coefficient (Wildman–Crippen LogP) is 2.89. The molecule has 0 radical (unpaired) electrons. The summed E-state index contributed by atoms with van der Waals surface area (Å²) in [4.78, 5) is 12.6. The SMILES string of the molecule is N[C@@H](C(=O)c1cccc2c1OCCC2)c1ccccc1. The maximum absolute atomic E-state index is 12.6. The van der Waals surface area contributed by atoms with Crippen molar-refractivity contribution in [3.8, 4) is 5.75 Å². The molecule has 2 aromatic rings. The van der Waals surface area contributed by atoms with E-state index >= 15 is 0 Å². The summed E-state index contributed by atoms with van der Waals surface area (Å²) in [5, 5.41) is 0. The van der Waals surface area contributed by atoms with Crippen LogP contribution in [0, 0.1) is 0 Å². The third kappa shape index (κ3) is 2.32. The van der Waals surface area contributed by atoms with Crippen LogP contribution < -0.4 is 10.5 Å². The van der Waals surface area contributed by atoms with E-state index in [1.807, 2.05) is 42.5 Å². The molecular weight excluding hydrogens is 250 g/mol. The summed E-state index contributed by atoms with van der Waals surface area (Å²) < 4.78 is 5.69. The lowest BCUT2D eigenvalue weighted by molar-refractivity contribution is 0.0956. The molecule has 3 rings (SSSR count). The van der Waals surface area contributed by atoms with Crippen LogP contribution in [0.2, 0.25) is 0 Å². The maximum Gasteiger partial charge on any atom is 0.187 e. The summed E-state index contributed by atoms with van der Waals surface area (Å²) in [5.74, 6) is 0.630. The molecule has 1 atom stereocenters. The summed E-state index contributed by atoms with van der Waals surface area (Å²) in [6.45, 7) is 0.665. The van der Waals surface area contributed by atoms with Gasteiger partial charge in [0, 0.05) is 0 Å². The average molecular weight is 267 g/mol. The smallest absolute Gasteiger partial charge is 0.187 e. The fourth-order valence-electron chi connectivity index (χ4n) is 2.56. The van der Waals surface area contributed by atoms with Gasteiger partial charge in [-0.1, -0.05) is 42.5 Å². The van der Waals surface area contributed by atoms with Crippen LogP contribution in [0.4, 0.5) is 0 Å². The molecule has 0 aliphatic carbocycles. The fraction of sp³-hybridized carbons (Fsp3) is 0.235. The molecule has 1 aliphatic rings. The van der Waals surface area contributed by atoms with Crippen molar-refractivity contribution >= 4 is 5.78 Å². The molecule has 0 bridgehead atoms. The maximum atomic E-state index is 12.6. The number of hydrogen-bond donors (Lipinski definition) is 1. The number of ketones is 1. The second kappa shape index (κ2) is 5.47. The van der Waals surface area contributed by atoms with E-state index in [4.69, 9.17) is 10.5 Å². The number of nitrogens with two attached hydrogens (primary N) is 1. The van der Waals surface area contributed by atoms with E-state index in [1.165, 1.54) is 0 Å². The number of Topliss-reactive ketones (excluding diaryl/α,β-unsaturated/α-hetero) is 1. The zero-order valence-corrected chi connectivity index (χ0v) is 11.2. The van der Waals surface area contributed by atoms with Crippen LogP contribution in [0.3, 0.4) is 0 Å². The zero-order chi connectivity index (χ0) is 13.9. The molecule has 0 aromatic heterocycles. The van der Waals surface area contributed by atoms with E-state index in [0.29, 0.717) is 12.2 Å². The molecule has 2 N–H and O–H groups in total. The summed E-state index contributed by atoms with van der Waals surface area (Å²) >= 11 is 0. The largest absolute Gasteiger partial charge is 0.493 e. The molecule has 3 nitrogen and oxygen atoms in total. The Morgan fingerprint density at radius 2 is 1.90 bits per heavy atom. The molecule has 0 fully saturated rings. The highest BCUT2D eigenvalue weighted by atomic mass is 16.5. The minimum absolute atomic E-state index is 0.0880. The van der Waals surface area contributed by atoms with E-state index in [1.54, 1.807) is 6.07 Å². The Morgan fingerprint density at radius 1 is 1.10 bits per heavy atom. The van der Waals surface area contributed by atoms with Gasteiger partial charge in [-0.3, -0.25) is 4.79 Å². The van der Waals surface area contributed by atoms with Crippen LogP contribution >= 0.6 is 0 Å². The number of ether oxygens (including phenoxy) is 1. The zero-order valence-electron chi connectivity index (χ0n) is 11.2. The van der Waals surface area contributed by atoms with Crippen LogP contribution in [0.25, 0.3) is 0 Å². The molecule has 1 aliphatic heterocycles. The average Bonchev–Trinajstić information content (AvgIpc) is 2.54. The monoisotopic (exact) mass is 267 g/mol. The highest BCUT2D eigenvalue weighted by molar-refractivity contribution is 6.03. The van der Waals surface area contributed by atoms with Gasteiger partial charge in [-0.2, -0.15) is 0 Å². The third-order valence-electron chi connectivity index (χ3n) is 3.64. The van der Waals surface area contributed by atoms with Crippen molar-refractivity contribution in [3.05, 3.63) is 65.2 Å². The van der Waals surface area contributed by atoms with Gasteiger partial charge in [0.1, 0.15) is 5.75 Å². The third-order valence-corrected chi connectivity index (χ3v) is 3.64. The van der Waals surface area contributed by atoms with Crippen molar-refractivity contribution in [1.82, 2.24) is 0 Å². The van der Waals surface area contributed by atoms with Gasteiger partial charge in [0.25, 0.3) is 0 Å². The Labute approximate surface area is 118 Å². The quantitative estimate of drug-likeness (QED) is 0.870. The van der Waals surface area contributed by atoms with Crippen molar-refractivity contribution < 1.29 is 9.53 Å². The Bertz CT molecular complexity index is 622. The minimum atomic E-state index is -0.645. The van der Waals surface area contributed by atoms with Gasteiger partial charge < -0.3 is 10.5 Å². The van der Waals surface area contributed by atoms with Crippen molar-refractivity contribution in [2.75, 3.05) is 6.61 Å². The molecule has 0 saturated heterocycles. The number of fused-ring (bicyclic) bond motifs is 1. The summed E-state index contributed by atoms with van der Waals surface area (Å²) in [6.07, 6.45) is 1.95. The molecule has 20 heavy (non-hydrogen) atoms. The molecule has 0 saturated carbocycles. The number of aryl methyl sites for hydroxylation is 1. The molecule has 0 spiro atoms. The van der Waals surface area contributed by atoms with Crippen molar-refractivity contribution in [1.29, 1.82) is 0 Å². The van der Waals surface area contributed by atoms with Gasteiger partial charge in [-0.15, -0.1) is 0 Å². The lowest BCUT2D eigenvalue weighted by atomic mass is 9.94. The number of carbonyl (C=O) groups is 1. The normalized spacial score (nSPS) is 15.1. The van der Waals surface area contributed by atoms with Gasteiger partial charge in [-0.05, 0) is 30.0 Å². The van der Waals surface area contributed by atoms with E-state index in [-0.39, 0.29) is 5.78 Å². The van der Waals surface area contributed by atoms with Crippen LogP contribution in [-0.4, -0.2) is 12.4 Å². The standard InChI is InChI=1S/C17H17NO2/c18-15(12-6-2-1-3-7-12)16(19)14-10-4-8-13-9-5-11-20-17(13)14/h1-4,6-8,10,15H,5,9,11,18H2/t15-/m1/s1. The van der Waals surface area contributed by atoms with Gasteiger partial charge in [-0.25, -0.2) is 0 Å². The van der Waals surface area contributed by atoms with Gasteiger partial charge in [0.15, 0.2) is 5.78 Å². The summed E-state index contributed by atoms with van der Waals surface area (Å²) in [6, 6.07) is 14.5.